The molecule has 0 N–H and O–H groups in total. The smallest absolute Gasteiger partial charge is 0.227 e. The van der Waals surface area contributed by atoms with Crippen LogP contribution in [0.1, 0.15) is 24.0 Å². The van der Waals surface area contributed by atoms with Gasteiger partial charge in [-0.25, -0.2) is 0 Å². The molecule has 1 aromatic rings. The Labute approximate surface area is 114 Å². The van der Waals surface area contributed by atoms with Crippen molar-refractivity contribution in [2.75, 3.05) is 25.5 Å². The first-order chi connectivity index (χ1) is 9.11. The number of rotatable bonds is 4. The van der Waals surface area contributed by atoms with Gasteiger partial charge >= 0.3 is 0 Å². The summed E-state index contributed by atoms with van der Waals surface area (Å²) in [4.78, 5) is 15.5. The Hall–Kier alpha value is -1.86. The van der Waals surface area contributed by atoms with Gasteiger partial charge in [0, 0.05) is 38.7 Å². The molecule has 2 rings (SSSR count). The minimum atomic E-state index is 0.186. The molecule has 1 aromatic carbocycles. The first-order valence-electron chi connectivity index (χ1n) is 6.55. The van der Waals surface area contributed by atoms with Gasteiger partial charge in [-0.05, 0) is 30.7 Å². The summed E-state index contributed by atoms with van der Waals surface area (Å²) in [6.45, 7) is 1.62. The Bertz CT molecular complexity index is 519. The van der Waals surface area contributed by atoms with Gasteiger partial charge in [-0.1, -0.05) is 12.1 Å². The molecule has 0 aromatic heterocycles. The van der Waals surface area contributed by atoms with Gasteiger partial charge in [0.15, 0.2) is 0 Å². The highest BCUT2D eigenvalue weighted by Crippen LogP contribution is 2.27. The minimum Gasteiger partial charge on any atom is -0.315 e. The third-order valence-electron chi connectivity index (χ3n) is 3.55. The molecular weight excluding hydrogens is 238 g/mol. The molecule has 0 bridgehead atoms. The fraction of sp³-hybridized carbons (Fsp3) is 0.467. The van der Waals surface area contributed by atoms with E-state index < -0.39 is 0 Å². The Morgan fingerprint density at radius 1 is 1.42 bits per heavy atom. The van der Waals surface area contributed by atoms with Crippen LogP contribution in [0.15, 0.2) is 18.2 Å². The van der Waals surface area contributed by atoms with Crippen LogP contribution in [0.25, 0.3) is 0 Å². The van der Waals surface area contributed by atoms with E-state index in [9.17, 15) is 4.79 Å². The van der Waals surface area contributed by atoms with E-state index in [-0.39, 0.29) is 5.91 Å². The number of benzene rings is 1. The zero-order valence-corrected chi connectivity index (χ0v) is 11.5. The zero-order valence-electron chi connectivity index (χ0n) is 11.5. The first kappa shape index (κ1) is 13.6. The summed E-state index contributed by atoms with van der Waals surface area (Å²) in [5, 5.41) is 8.58. The lowest BCUT2D eigenvalue weighted by molar-refractivity contribution is -0.118. The number of anilines is 1. The van der Waals surface area contributed by atoms with E-state index in [4.69, 9.17) is 5.26 Å². The molecule has 1 amide bonds. The monoisotopic (exact) mass is 257 g/mol. The lowest BCUT2D eigenvalue weighted by Gasteiger charge is -2.26. The number of nitriles is 1. The van der Waals surface area contributed by atoms with E-state index in [2.05, 4.69) is 23.1 Å². The van der Waals surface area contributed by atoms with Crippen molar-refractivity contribution in [2.45, 2.75) is 25.8 Å². The highest BCUT2D eigenvalue weighted by atomic mass is 16.2. The van der Waals surface area contributed by atoms with E-state index in [1.54, 1.807) is 4.90 Å². The van der Waals surface area contributed by atoms with Crippen LogP contribution in [0.2, 0.25) is 0 Å². The second-order valence-corrected chi connectivity index (χ2v) is 5.06. The summed E-state index contributed by atoms with van der Waals surface area (Å²) in [7, 11) is 3.85. The molecule has 0 saturated heterocycles. The fourth-order valence-electron chi connectivity index (χ4n) is 2.44. The molecule has 0 unspecified atom stereocenters. The van der Waals surface area contributed by atoms with Crippen LogP contribution in [0, 0.1) is 11.3 Å². The predicted molar refractivity (Wildman–Crippen MR) is 74.7 cm³/mol. The summed E-state index contributed by atoms with van der Waals surface area (Å²) in [5.41, 5.74) is 3.51. The van der Waals surface area contributed by atoms with Crippen LogP contribution < -0.4 is 4.90 Å². The lowest BCUT2D eigenvalue weighted by Crippen LogP contribution is -2.31. The largest absolute Gasteiger partial charge is 0.315 e. The van der Waals surface area contributed by atoms with Gasteiger partial charge < -0.3 is 9.80 Å². The number of hydrogen-bond acceptors (Lipinski definition) is 3. The molecule has 4 nitrogen and oxygen atoms in total. The number of nitrogens with zero attached hydrogens (tertiary/aromatic N) is 3. The Balaban J connectivity index is 2.09. The molecule has 0 saturated carbocycles. The first-order valence-corrected chi connectivity index (χ1v) is 6.55. The highest BCUT2D eigenvalue weighted by molar-refractivity contribution is 5.95. The number of carbonyl (C=O) groups is 1. The second kappa shape index (κ2) is 5.85. The van der Waals surface area contributed by atoms with Crippen molar-refractivity contribution >= 4 is 11.6 Å². The standard InChI is InChI=1S/C15H19N3O/c1-17(9-3-8-16)11-12-4-6-14-13(10-12)5-7-15(19)18(14)2/h4,6,10H,3,5,7,9,11H2,1-2H3. The van der Waals surface area contributed by atoms with Gasteiger partial charge in [0.2, 0.25) is 5.91 Å². The molecule has 0 fully saturated rings. The van der Waals surface area contributed by atoms with Crippen LogP contribution in [0.5, 0.6) is 0 Å². The molecule has 1 aliphatic rings. The van der Waals surface area contributed by atoms with E-state index >= 15 is 0 Å². The van der Waals surface area contributed by atoms with Crippen molar-refractivity contribution in [1.29, 1.82) is 5.26 Å². The molecular formula is C15H19N3O. The van der Waals surface area contributed by atoms with Gasteiger partial charge in [0.1, 0.15) is 0 Å². The van der Waals surface area contributed by atoms with Gasteiger partial charge in [-0.2, -0.15) is 5.26 Å². The Kier molecular flexibility index (Phi) is 4.18. The molecule has 0 radical (unpaired) electrons. The van der Waals surface area contributed by atoms with Crippen molar-refractivity contribution in [3.05, 3.63) is 29.3 Å². The summed E-state index contributed by atoms with van der Waals surface area (Å²) >= 11 is 0. The van der Waals surface area contributed by atoms with E-state index in [1.165, 1.54) is 11.1 Å². The molecule has 0 aliphatic carbocycles. The summed E-state index contributed by atoms with van der Waals surface area (Å²) in [5.74, 6) is 0.186. The summed E-state index contributed by atoms with van der Waals surface area (Å²) in [6.07, 6.45) is 1.98. The summed E-state index contributed by atoms with van der Waals surface area (Å²) in [6, 6.07) is 8.43. The van der Waals surface area contributed by atoms with Crippen molar-refractivity contribution in [3.63, 3.8) is 0 Å². The maximum atomic E-state index is 11.6. The second-order valence-electron chi connectivity index (χ2n) is 5.06. The van der Waals surface area contributed by atoms with E-state index in [1.807, 2.05) is 20.2 Å². The number of fused-ring (bicyclic) bond motifs is 1. The van der Waals surface area contributed by atoms with Crippen molar-refractivity contribution in [3.8, 4) is 6.07 Å². The molecule has 4 heteroatoms. The Morgan fingerprint density at radius 3 is 2.95 bits per heavy atom. The molecule has 1 aliphatic heterocycles. The van der Waals surface area contributed by atoms with Gasteiger partial charge in [-0.3, -0.25) is 4.79 Å². The number of aryl methyl sites for hydroxylation is 1. The highest BCUT2D eigenvalue weighted by Gasteiger charge is 2.20. The maximum Gasteiger partial charge on any atom is 0.227 e. The van der Waals surface area contributed by atoms with Gasteiger partial charge in [-0.15, -0.1) is 0 Å². The fourth-order valence-corrected chi connectivity index (χ4v) is 2.44. The topological polar surface area (TPSA) is 47.3 Å². The SMILES string of the molecule is CN(CCC#N)Cc1ccc2c(c1)CCC(=O)N2C. The molecule has 1 heterocycles. The van der Waals surface area contributed by atoms with Crippen LogP contribution in [0.4, 0.5) is 5.69 Å². The summed E-state index contributed by atoms with van der Waals surface area (Å²) < 4.78 is 0. The minimum absolute atomic E-state index is 0.186. The van der Waals surface area contributed by atoms with Crippen LogP contribution in [-0.2, 0) is 17.8 Å². The van der Waals surface area contributed by atoms with Crippen molar-refractivity contribution in [1.82, 2.24) is 4.90 Å². The van der Waals surface area contributed by atoms with Crippen LogP contribution >= 0.6 is 0 Å². The molecule has 19 heavy (non-hydrogen) atoms. The van der Waals surface area contributed by atoms with E-state index in [0.29, 0.717) is 12.8 Å². The number of carbonyl (C=O) groups excluding carboxylic acids is 1. The van der Waals surface area contributed by atoms with E-state index in [0.717, 1.165) is 25.2 Å². The zero-order chi connectivity index (χ0) is 13.8. The predicted octanol–water partition coefficient (Wildman–Crippen LogP) is 1.94. The van der Waals surface area contributed by atoms with Crippen LogP contribution in [0.3, 0.4) is 0 Å². The van der Waals surface area contributed by atoms with Crippen LogP contribution in [-0.4, -0.2) is 31.4 Å². The normalized spacial score (nSPS) is 14.4. The lowest BCUT2D eigenvalue weighted by atomic mass is 9.99. The van der Waals surface area contributed by atoms with Gasteiger partial charge in [0.25, 0.3) is 0 Å². The average molecular weight is 257 g/mol. The van der Waals surface area contributed by atoms with Gasteiger partial charge in [0.05, 0.1) is 6.07 Å². The quantitative estimate of drug-likeness (QED) is 0.828. The molecule has 0 atom stereocenters. The van der Waals surface area contributed by atoms with Crippen molar-refractivity contribution in [2.24, 2.45) is 0 Å². The third kappa shape index (κ3) is 3.12. The molecule has 100 valence electrons. The number of amides is 1. The van der Waals surface area contributed by atoms with Crippen molar-refractivity contribution < 1.29 is 4.79 Å². The third-order valence-corrected chi connectivity index (χ3v) is 3.55. The number of hydrogen-bond donors (Lipinski definition) is 0. The molecule has 0 spiro atoms. The maximum absolute atomic E-state index is 11.6. The average Bonchev–Trinajstić information content (AvgIpc) is 2.41. The Morgan fingerprint density at radius 2 is 2.21 bits per heavy atom.